The second-order valence-electron chi connectivity index (χ2n) is 4.89. The molecule has 20 heavy (non-hydrogen) atoms. The molecule has 7 nitrogen and oxygen atoms in total. The topological polar surface area (TPSA) is 74.1 Å². The molecule has 0 radical (unpaired) electrons. The van der Waals surface area contributed by atoms with E-state index in [4.69, 9.17) is 9.47 Å². The van der Waals surface area contributed by atoms with Crippen LogP contribution in [0.1, 0.15) is 18.7 Å². The molecule has 108 valence electrons. The first-order valence-corrected chi connectivity index (χ1v) is 6.83. The molecule has 0 spiro atoms. The Morgan fingerprint density at radius 2 is 2.40 bits per heavy atom. The van der Waals surface area contributed by atoms with Gasteiger partial charge in [-0.25, -0.2) is 9.97 Å². The van der Waals surface area contributed by atoms with Crippen molar-refractivity contribution in [2.24, 2.45) is 7.05 Å². The van der Waals surface area contributed by atoms with Crippen molar-refractivity contribution in [3.05, 3.63) is 12.0 Å². The number of nitrogens with one attached hydrogen (secondary N) is 1. The zero-order valence-electron chi connectivity index (χ0n) is 11.8. The van der Waals surface area contributed by atoms with Crippen LogP contribution in [-0.2, 0) is 23.1 Å². The summed E-state index contributed by atoms with van der Waals surface area (Å²) < 4.78 is 12.9. The molecule has 3 rings (SSSR count). The van der Waals surface area contributed by atoms with Crippen molar-refractivity contribution in [1.29, 1.82) is 0 Å². The highest BCUT2D eigenvalue weighted by molar-refractivity contribution is 5.86. The fourth-order valence-corrected chi connectivity index (χ4v) is 2.38. The molecular weight excluding hydrogens is 258 g/mol. The summed E-state index contributed by atoms with van der Waals surface area (Å²) in [6.45, 7) is 1.83. The van der Waals surface area contributed by atoms with E-state index in [1.165, 1.54) is 0 Å². The molecule has 1 atom stereocenters. The van der Waals surface area contributed by atoms with Gasteiger partial charge in [0.2, 0.25) is 0 Å². The number of fused-ring (bicyclic) bond motifs is 1. The lowest BCUT2D eigenvalue weighted by atomic mass is 10.2. The van der Waals surface area contributed by atoms with Crippen molar-refractivity contribution in [2.75, 3.05) is 25.6 Å². The first kappa shape index (κ1) is 13.3. The molecule has 3 heterocycles. The Bertz CT molecular complexity index is 592. The zero-order valence-corrected chi connectivity index (χ0v) is 11.8. The number of aryl methyl sites for hydroxylation is 1. The van der Waals surface area contributed by atoms with Crippen LogP contribution in [0.4, 0.5) is 5.82 Å². The molecule has 7 heteroatoms. The average Bonchev–Trinajstić information content (AvgIpc) is 3.09. The van der Waals surface area contributed by atoms with E-state index in [0.29, 0.717) is 19.0 Å². The van der Waals surface area contributed by atoms with Gasteiger partial charge in [-0.05, 0) is 12.8 Å². The summed E-state index contributed by atoms with van der Waals surface area (Å²) >= 11 is 0. The largest absolute Gasteiger partial charge is 0.376 e. The summed E-state index contributed by atoms with van der Waals surface area (Å²) in [6.07, 6.45) is 4.18. The van der Waals surface area contributed by atoms with Gasteiger partial charge in [0.1, 0.15) is 12.4 Å². The van der Waals surface area contributed by atoms with E-state index < -0.39 is 0 Å². The lowest BCUT2D eigenvalue weighted by Gasteiger charge is -2.10. The second kappa shape index (κ2) is 5.72. The summed E-state index contributed by atoms with van der Waals surface area (Å²) in [5.41, 5.74) is 0.806. The summed E-state index contributed by atoms with van der Waals surface area (Å²) in [7, 11) is 3.71. The highest BCUT2D eigenvalue weighted by Gasteiger charge is 2.16. The maximum Gasteiger partial charge on any atom is 0.163 e. The van der Waals surface area contributed by atoms with Gasteiger partial charge in [-0.15, -0.1) is 0 Å². The molecule has 0 aromatic carbocycles. The van der Waals surface area contributed by atoms with Gasteiger partial charge in [0.05, 0.1) is 24.3 Å². The molecule has 1 aliphatic heterocycles. The van der Waals surface area contributed by atoms with Crippen LogP contribution in [0.25, 0.3) is 11.0 Å². The quantitative estimate of drug-likeness (QED) is 0.882. The smallest absolute Gasteiger partial charge is 0.163 e. The van der Waals surface area contributed by atoms with E-state index in [9.17, 15) is 0 Å². The fraction of sp³-hybridized carbons (Fsp3) is 0.615. The van der Waals surface area contributed by atoms with Gasteiger partial charge in [0.15, 0.2) is 11.5 Å². The second-order valence-corrected chi connectivity index (χ2v) is 4.89. The van der Waals surface area contributed by atoms with Crippen molar-refractivity contribution >= 4 is 16.9 Å². The molecule has 1 unspecified atom stereocenters. The molecule has 0 bridgehead atoms. The van der Waals surface area contributed by atoms with Crippen molar-refractivity contribution in [1.82, 2.24) is 19.7 Å². The van der Waals surface area contributed by atoms with Crippen molar-refractivity contribution in [2.45, 2.75) is 25.6 Å². The van der Waals surface area contributed by atoms with E-state index >= 15 is 0 Å². The van der Waals surface area contributed by atoms with Crippen molar-refractivity contribution in [3.8, 4) is 0 Å². The minimum atomic E-state index is 0.221. The molecule has 0 aliphatic carbocycles. The highest BCUT2D eigenvalue weighted by atomic mass is 16.5. The Balaban J connectivity index is 1.72. The third-order valence-electron chi connectivity index (χ3n) is 3.43. The molecule has 1 N–H and O–H groups in total. The van der Waals surface area contributed by atoms with E-state index in [1.54, 1.807) is 10.9 Å². The number of ether oxygens (including phenoxy) is 2. The standard InChI is InChI=1S/C13H19N5O2/c1-14-12-10-6-15-18(2)13(10)17-11(16-12)8-19-7-9-4-3-5-20-9/h6,9H,3-5,7-8H2,1-2H3,(H,14,16,17). The van der Waals surface area contributed by atoms with Crippen LogP contribution in [0, 0.1) is 0 Å². The van der Waals surface area contributed by atoms with Gasteiger partial charge in [-0.2, -0.15) is 5.10 Å². The monoisotopic (exact) mass is 277 g/mol. The molecule has 2 aromatic rings. The summed E-state index contributed by atoms with van der Waals surface area (Å²) in [5, 5.41) is 8.19. The predicted molar refractivity (Wildman–Crippen MR) is 74.5 cm³/mol. The SMILES string of the molecule is CNc1nc(COCC2CCCO2)nc2c1cnn2C. The number of anilines is 1. The van der Waals surface area contributed by atoms with Crippen LogP contribution in [0.5, 0.6) is 0 Å². The maximum atomic E-state index is 5.66. The first-order valence-electron chi connectivity index (χ1n) is 6.83. The molecule has 0 amide bonds. The van der Waals surface area contributed by atoms with E-state index in [0.717, 1.165) is 36.3 Å². The molecule has 0 saturated carbocycles. The Morgan fingerprint density at radius 3 is 3.15 bits per heavy atom. The summed E-state index contributed by atoms with van der Waals surface area (Å²) in [4.78, 5) is 8.95. The molecule has 1 saturated heterocycles. The number of hydrogen-bond acceptors (Lipinski definition) is 6. The normalized spacial score (nSPS) is 18.8. The van der Waals surface area contributed by atoms with Gasteiger partial charge in [-0.1, -0.05) is 0 Å². The first-order chi connectivity index (χ1) is 9.78. The lowest BCUT2D eigenvalue weighted by Crippen LogP contribution is -2.15. The van der Waals surface area contributed by atoms with Crippen LogP contribution in [0.15, 0.2) is 6.20 Å². The summed E-state index contributed by atoms with van der Waals surface area (Å²) in [5.74, 6) is 1.43. The van der Waals surface area contributed by atoms with E-state index in [-0.39, 0.29) is 6.10 Å². The predicted octanol–water partition coefficient (Wildman–Crippen LogP) is 1.10. The fourth-order valence-electron chi connectivity index (χ4n) is 2.38. The van der Waals surface area contributed by atoms with Crippen LogP contribution in [0.3, 0.4) is 0 Å². The van der Waals surface area contributed by atoms with Crippen molar-refractivity contribution in [3.63, 3.8) is 0 Å². The van der Waals surface area contributed by atoms with Gasteiger partial charge >= 0.3 is 0 Å². The average molecular weight is 277 g/mol. The Morgan fingerprint density at radius 1 is 1.50 bits per heavy atom. The Labute approximate surface area is 117 Å². The molecule has 1 aliphatic rings. The van der Waals surface area contributed by atoms with Gasteiger partial charge < -0.3 is 14.8 Å². The number of aromatic nitrogens is 4. The minimum absolute atomic E-state index is 0.221. The highest BCUT2D eigenvalue weighted by Crippen LogP contribution is 2.19. The van der Waals surface area contributed by atoms with Gasteiger partial charge in [0, 0.05) is 20.7 Å². The molecule has 2 aromatic heterocycles. The zero-order chi connectivity index (χ0) is 13.9. The van der Waals surface area contributed by atoms with Crippen molar-refractivity contribution < 1.29 is 9.47 Å². The minimum Gasteiger partial charge on any atom is -0.376 e. The van der Waals surface area contributed by atoms with Crippen LogP contribution in [-0.4, -0.2) is 46.1 Å². The van der Waals surface area contributed by atoms with Gasteiger partial charge in [-0.3, -0.25) is 4.68 Å². The molecule has 1 fully saturated rings. The van der Waals surface area contributed by atoms with Crippen LogP contribution >= 0.6 is 0 Å². The number of nitrogens with zero attached hydrogens (tertiary/aromatic N) is 4. The van der Waals surface area contributed by atoms with Crippen LogP contribution < -0.4 is 5.32 Å². The Hall–Kier alpha value is -1.73. The third-order valence-corrected chi connectivity index (χ3v) is 3.43. The van der Waals surface area contributed by atoms with E-state index in [2.05, 4.69) is 20.4 Å². The Kier molecular flexibility index (Phi) is 3.79. The lowest BCUT2D eigenvalue weighted by molar-refractivity contribution is 0.00872. The van der Waals surface area contributed by atoms with Crippen LogP contribution in [0.2, 0.25) is 0 Å². The molecular formula is C13H19N5O2. The van der Waals surface area contributed by atoms with E-state index in [1.807, 2.05) is 14.1 Å². The maximum absolute atomic E-state index is 5.66. The summed E-state index contributed by atoms with van der Waals surface area (Å²) in [6, 6.07) is 0. The number of rotatable bonds is 5. The third kappa shape index (κ3) is 2.59. The van der Waals surface area contributed by atoms with Gasteiger partial charge in [0.25, 0.3) is 0 Å². The number of hydrogen-bond donors (Lipinski definition) is 1.